The van der Waals surface area contributed by atoms with Crippen molar-refractivity contribution in [1.82, 2.24) is 29.5 Å². The molecule has 0 bridgehead atoms. The van der Waals surface area contributed by atoms with E-state index in [1.54, 1.807) is 39.8 Å². The maximum Gasteiger partial charge on any atom is 0.233 e. The molecule has 3 aromatic heterocycles. The molecule has 4 aromatic rings. The molecule has 0 spiro atoms. The van der Waals surface area contributed by atoms with Crippen LogP contribution in [-0.2, 0) is 0 Å². The number of aromatic nitrogens is 6. The molecule has 1 aliphatic carbocycles. The van der Waals surface area contributed by atoms with E-state index in [0.29, 0.717) is 52.2 Å². The van der Waals surface area contributed by atoms with Gasteiger partial charge >= 0.3 is 0 Å². The number of anilines is 4. The highest BCUT2D eigenvalue weighted by Gasteiger charge is 2.22. The van der Waals surface area contributed by atoms with Crippen LogP contribution in [-0.4, -0.2) is 50.8 Å². The van der Waals surface area contributed by atoms with Crippen molar-refractivity contribution < 1.29 is 14.2 Å². The van der Waals surface area contributed by atoms with Crippen molar-refractivity contribution in [2.45, 2.75) is 38.1 Å². The summed E-state index contributed by atoms with van der Waals surface area (Å²) in [5, 5.41) is 6.48. The normalized spacial score (nSPS) is 14.0. The first kappa shape index (κ1) is 22.6. The maximum absolute atomic E-state index is 5.50. The van der Waals surface area contributed by atoms with Gasteiger partial charge in [-0.25, -0.2) is 15.0 Å². The van der Waals surface area contributed by atoms with Crippen LogP contribution in [0.25, 0.3) is 11.2 Å². The van der Waals surface area contributed by atoms with Crippen molar-refractivity contribution in [3.05, 3.63) is 36.9 Å². The summed E-state index contributed by atoms with van der Waals surface area (Å²) in [5.41, 5.74) is 2.12. The summed E-state index contributed by atoms with van der Waals surface area (Å²) in [5.74, 6) is 2.90. The van der Waals surface area contributed by atoms with Crippen LogP contribution in [0, 0.1) is 0 Å². The van der Waals surface area contributed by atoms with E-state index in [1.807, 2.05) is 18.5 Å². The Kier molecular flexibility index (Phi) is 6.47. The zero-order valence-electron chi connectivity index (χ0n) is 20.0. The van der Waals surface area contributed by atoms with Gasteiger partial charge in [0, 0.05) is 36.3 Å². The molecule has 0 saturated heterocycles. The molecule has 0 unspecified atom stereocenters. The Labute approximate surface area is 202 Å². The minimum atomic E-state index is 0.360. The number of methoxy groups -OCH3 is 3. The van der Waals surface area contributed by atoms with E-state index in [2.05, 4.69) is 30.2 Å². The fraction of sp³-hybridized carbons (Fsp3) is 0.375. The van der Waals surface area contributed by atoms with Gasteiger partial charge in [0.15, 0.2) is 28.5 Å². The molecule has 2 N–H and O–H groups in total. The van der Waals surface area contributed by atoms with Gasteiger partial charge in [-0.05, 0) is 18.9 Å². The van der Waals surface area contributed by atoms with Crippen molar-refractivity contribution in [3.63, 3.8) is 0 Å². The third-order valence-corrected chi connectivity index (χ3v) is 6.11. The molecule has 11 heteroatoms. The van der Waals surface area contributed by atoms with Crippen LogP contribution >= 0.6 is 0 Å². The summed E-state index contributed by atoms with van der Waals surface area (Å²) in [6.45, 7) is 0. The fourth-order valence-electron chi connectivity index (χ4n) is 4.44. The van der Waals surface area contributed by atoms with E-state index in [0.717, 1.165) is 18.5 Å². The second kappa shape index (κ2) is 10.00. The third-order valence-electron chi connectivity index (χ3n) is 6.11. The van der Waals surface area contributed by atoms with Crippen LogP contribution in [0.1, 0.15) is 38.1 Å². The van der Waals surface area contributed by atoms with Crippen molar-refractivity contribution >= 4 is 34.6 Å². The van der Waals surface area contributed by atoms with Gasteiger partial charge in [-0.2, -0.15) is 9.97 Å². The van der Waals surface area contributed by atoms with Gasteiger partial charge in [0.1, 0.15) is 0 Å². The monoisotopic (exact) mass is 476 g/mol. The number of ether oxygens (including phenoxy) is 3. The Morgan fingerprint density at radius 3 is 2.20 bits per heavy atom. The number of imidazole rings is 1. The molecule has 182 valence electrons. The lowest BCUT2D eigenvalue weighted by Crippen LogP contribution is -2.13. The molecular weight excluding hydrogens is 448 g/mol. The summed E-state index contributed by atoms with van der Waals surface area (Å²) in [7, 11) is 4.73. The van der Waals surface area contributed by atoms with E-state index in [4.69, 9.17) is 24.2 Å². The minimum absolute atomic E-state index is 0.360. The average Bonchev–Trinajstić information content (AvgIpc) is 3.33. The molecule has 0 atom stereocenters. The van der Waals surface area contributed by atoms with Crippen molar-refractivity contribution in [2.24, 2.45) is 0 Å². The summed E-state index contributed by atoms with van der Waals surface area (Å²) in [6.07, 6.45) is 11.1. The van der Waals surface area contributed by atoms with Gasteiger partial charge < -0.3 is 24.1 Å². The Hall–Kier alpha value is -4.15. The van der Waals surface area contributed by atoms with Crippen LogP contribution in [0.3, 0.4) is 0 Å². The van der Waals surface area contributed by atoms with E-state index in [9.17, 15) is 0 Å². The Balaban J connectivity index is 1.59. The third kappa shape index (κ3) is 4.61. The molecule has 0 amide bonds. The number of benzene rings is 1. The van der Waals surface area contributed by atoms with E-state index < -0.39 is 0 Å². The number of hydrogen-bond donors (Lipinski definition) is 2. The standard InChI is InChI=1S/C24H28N8O3/c1-33-17-12-15(13-18(34-2)20(17)35-3)28-21-19-22(32(14-27-19)16-8-5-4-6-9-16)30-24(29-21)31-23-25-10-7-11-26-23/h7,10-14,16H,4-6,8-9H2,1-3H3,(H2,25,26,28,29,30,31). The molecule has 1 aliphatic rings. The molecule has 0 aliphatic heterocycles. The van der Waals surface area contributed by atoms with E-state index in [1.165, 1.54) is 19.3 Å². The molecule has 1 saturated carbocycles. The highest BCUT2D eigenvalue weighted by Crippen LogP contribution is 2.41. The predicted molar refractivity (Wildman–Crippen MR) is 132 cm³/mol. The summed E-state index contributed by atoms with van der Waals surface area (Å²) in [6, 6.07) is 5.76. The molecule has 11 nitrogen and oxygen atoms in total. The molecule has 5 rings (SSSR count). The largest absolute Gasteiger partial charge is 0.493 e. The van der Waals surface area contributed by atoms with Crippen molar-refractivity contribution in [1.29, 1.82) is 0 Å². The smallest absolute Gasteiger partial charge is 0.233 e. The lowest BCUT2D eigenvalue weighted by atomic mass is 9.95. The van der Waals surface area contributed by atoms with Crippen LogP contribution < -0.4 is 24.8 Å². The van der Waals surface area contributed by atoms with Gasteiger partial charge in [0.05, 0.1) is 27.7 Å². The van der Waals surface area contributed by atoms with Crippen molar-refractivity contribution in [3.8, 4) is 17.2 Å². The van der Waals surface area contributed by atoms with Gasteiger partial charge in [-0.1, -0.05) is 19.3 Å². The average molecular weight is 477 g/mol. The van der Waals surface area contributed by atoms with Crippen LogP contribution in [0.4, 0.5) is 23.4 Å². The second-order valence-electron chi connectivity index (χ2n) is 8.25. The number of nitrogens with one attached hydrogen (secondary N) is 2. The first-order chi connectivity index (χ1) is 17.2. The van der Waals surface area contributed by atoms with E-state index in [-0.39, 0.29) is 0 Å². The second-order valence-corrected chi connectivity index (χ2v) is 8.25. The highest BCUT2D eigenvalue weighted by molar-refractivity contribution is 5.87. The van der Waals surface area contributed by atoms with Gasteiger partial charge in [0.25, 0.3) is 0 Å². The molecule has 1 fully saturated rings. The van der Waals surface area contributed by atoms with Crippen LogP contribution in [0.2, 0.25) is 0 Å². The van der Waals surface area contributed by atoms with Crippen LogP contribution in [0.5, 0.6) is 17.2 Å². The molecular formula is C24H28N8O3. The maximum atomic E-state index is 5.50. The summed E-state index contributed by atoms with van der Waals surface area (Å²) in [4.78, 5) is 22.7. The molecule has 3 heterocycles. The predicted octanol–water partition coefficient (Wildman–Crippen LogP) is 4.63. The fourth-order valence-corrected chi connectivity index (χ4v) is 4.44. The van der Waals surface area contributed by atoms with Crippen LogP contribution in [0.15, 0.2) is 36.9 Å². The lowest BCUT2D eigenvalue weighted by Gasteiger charge is -2.23. The molecule has 0 radical (unpaired) electrons. The van der Waals surface area contributed by atoms with E-state index >= 15 is 0 Å². The number of hydrogen-bond acceptors (Lipinski definition) is 10. The zero-order valence-corrected chi connectivity index (χ0v) is 20.0. The number of fused-ring (bicyclic) bond motifs is 1. The number of nitrogens with zero attached hydrogens (tertiary/aromatic N) is 6. The lowest BCUT2D eigenvalue weighted by molar-refractivity contribution is 0.324. The zero-order chi connectivity index (χ0) is 24.2. The number of rotatable bonds is 8. The Bertz CT molecular complexity index is 1280. The highest BCUT2D eigenvalue weighted by atomic mass is 16.5. The molecule has 1 aromatic carbocycles. The summed E-state index contributed by atoms with van der Waals surface area (Å²) < 4.78 is 18.6. The van der Waals surface area contributed by atoms with Gasteiger partial charge in [0.2, 0.25) is 17.6 Å². The summed E-state index contributed by atoms with van der Waals surface area (Å²) >= 11 is 0. The van der Waals surface area contributed by atoms with Crippen molar-refractivity contribution in [2.75, 3.05) is 32.0 Å². The first-order valence-corrected chi connectivity index (χ1v) is 11.6. The first-order valence-electron chi connectivity index (χ1n) is 11.6. The topological polar surface area (TPSA) is 121 Å². The minimum Gasteiger partial charge on any atom is -0.493 e. The van der Waals surface area contributed by atoms with Gasteiger partial charge in [-0.15, -0.1) is 0 Å². The SMILES string of the molecule is COc1cc(Nc2nc(Nc3ncccn3)nc3c2ncn3C2CCCCC2)cc(OC)c1OC. The van der Waals surface area contributed by atoms with Gasteiger partial charge in [-0.3, -0.25) is 5.32 Å². The Morgan fingerprint density at radius 2 is 1.54 bits per heavy atom. The Morgan fingerprint density at radius 1 is 0.829 bits per heavy atom. The quantitative estimate of drug-likeness (QED) is 0.372. The molecule has 35 heavy (non-hydrogen) atoms.